The summed E-state index contributed by atoms with van der Waals surface area (Å²) < 4.78 is 2.95. The third kappa shape index (κ3) is 2.19. The zero-order valence-electron chi connectivity index (χ0n) is 8.01. The van der Waals surface area contributed by atoms with E-state index in [-0.39, 0.29) is 6.04 Å². The summed E-state index contributed by atoms with van der Waals surface area (Å²) >= 11 is 3.98. The molecule has 1 unspecified atom stereocenters. The van der Waals surface area contributed by atoms with Gasteiger partial charge in [0.1, 0.15) is 0 Å². The maximum atomic E-state index is 5.56. The Morgan fingerprint density at radius 2 is 2.47 bits per heavy atom. The van der Waals surface area contributed by atoms with Gasteiger partial charge < -0.3 is 0 Å². The number of aromatic nitrogens is 3. The molecular formula is C8H10IN5S. The molecular weight excluding hydrogens is 325 g/mol. The van der Waals surface area contributed by atoms with Crippen LogP contribution in [0.4, 0.5) is 0 Å². The molecule has 0 saturated carbocycles. The Morgan fingerprint density at radius 3 is 2.93 bits per heavy atom. The van der Waals surface area contributed by atoms with Crippen LogP contribution in [0.1, 0.15) is 17.3 Å². The summed E-state index contributed by atoms with van der Waals surface area (Å²) in [6.45, 7) is 0. The minimum absolute atomic E-state index is 0.0511. The summed E-state index contributed by atoms with van der Waals surface area (Å²) in [5.41, 5.74) is 4.86. The number of hydrazine groups is 1. The summed E-state index contributed by atoms with van der Waals surface area (Å²) in [5, 5.41) is 9.81. The van der Waals surface area contributed by atoms with Gasteiger partial charge >= 0.3 is 0 Å². The van der Waals surface area contributed by atoms with Crippen LogP contribution in [0.5, 0.6) is 0 Å². The molecule has 80 valence electrons. The van der Waals surface area contributed by atoms with E-state index in [4.69, 9.17) is 5.84 Å². The van der Waals surface area contributed by atoms with E-state index in [2.05, 4.69) is 49.8 Å². The van der Waals surface area contributed by atoms with E-state index >= 15 is 0 Å². The van der Waals surface area contributed by atoms with Crippen LogP contribution in [0.25, 0.3) is 0 Å². The van der Waals surface area contributed by atoms with Gasteiger partial charge in [0.05, 0.1) is 20.8 Å². The molecule has 0 aliphatic carbocycles. The predicted octanol–water partition coefficient (Wildman–Crippen LogP) is 1.03. The largest absolute Gasteiger partial charge is 0.271 e. The highest BCUT2D eigenvalue weighted by Gasteiger charge is 2.17. The fourth-order valence-corrected chi connectivity index (χ4v) is 2.78. The quantitative estimate of drug-likeness (QED) is 0.500. The van der Waals surface area contributed by atoms with E-state index < -0.39 is 0 Å². The van der Waals surface area contributed by atoms with Crippen LogP contribution in [0.3, 0.4) is 0 Å². The molecule has 0 bridgehead atoms. The number of nitrogens with one attached hydrogen (secondary N) is 1. The molecule has 0 radical (unpaired) electrons. The van der Waals surface area contributed by atoms with Crippen molar-refractivity contribution in [3.05, 3.63) is 31.8 Å². The third-order valence-electron chi connectivity index (χ3n) is 2.13. The van der Waals surface area contributed by atoms with Gasteiger partial charge in [-0.25, -0.2) is 5.43 Å². The van der Waals surface area contributed by atoms with Gasteiger partial charge in [0.15, 0.2) is 0 Å². The summed E-state index contributed by atoms with van der Waals surface area (Å²) in [6.07, 6.45) is 1.72. The van der Waals surface area contributed by atoms with Crippen molar-refractivity contribution in [2.45, 2.75) is 6.04 Å². The predicted molar refractivity (Wildman–Crippen MR) is 67.2 cm³/mol. The number of aryl methyl sites for hydroxylation is 1. The van der Waals surface area contributed by atoms with E-state index in [0.29, 0.717) is 0 Å². The first-order valence-electron chi connectivity index (χ1n) is 4.27. The highest BCUT2D eigenvalue weighted by molar-refractivity contribution is 14.1. The average molecular weight is 335 g/mol. The number of hydrogen-bond donors (Lipinski definition) is 2. The molecule has 0 aromatic carbocycles. The summed E-state index contributed by atoms with van der Waals surface area (Å²) in [4.78, 5) is 0. The van der Waals surface area contributed by atoms with Gasteiger partial charge in [-0.15, -0.1) is 16.4 Å². The molecule has 2 heterocycles. The fraction of sp³-hybridized carbons (Fsp3) is 0.250. The van der Waals surface area contributed by atoms with E-state index in [1.807, 2.05) is 7.05 Å². The number of rotatable bonds is 3. The Hall–Kier alpha value is -0.510. The van der Waals surface area contributed by atoms with Crippen LogP contribution in [0, 0.1) is 2.88 Å². The molecule has 0 aliphatic heterocycles. The monoisotopic (exact) mass is 335 g/mol. The van der Waals surface area contributed by atoms with Crippen LogP contribution in [-0.2, 0) is 7.05 Å². The van der Waals surface area contributed by atoms with Crippen LogP contribution in [0.2, 0.25) is 0 Å². The average Bonchev–Trinajstić information content (AvgIpc) is 2.79. The Labute approximate surface area is 105 Å². The standard InChI is InChI=1S/C8H10IN5S/c1-14-6(3-11-13-14)8(12-10)5-2-7(9)15-4-5/h2-4,8,12H,10H2,1H3. The van der Waals surface area contributed by atoms with Gasteiger partial charge in [0.25, 0.3) is 0 Å². The maximum absolute atomic E-state index is 5.56. The van der Waals surface area contributed by atoms with Gasteiger partial charge in [-0.3, -0.25) is 10.5 Å². The van der Waals surface area contributed by atoms with Crippen molar-refractivity contribution in [3.8, 4) is 0 Å². The van der Waals surface area contributed by atoms with E-state index in [1.54, 1.807) is 22.2 Å². The first-order valence-corrected chi connectivity index (χ1v) is 6.23. The van der Waals surface area contributed by atoms with E-state index in [1.165, 1.54) is 2.88 Å². The lowest BCUT2D eigenvalue weighted by Crippen LogP contribution is -2.30. The van der Waals surface area contributed by atoms with Crippen molar-refractivity contribution in [1.29, 1.82) is 0 Å². The third-order valence-corrected chi connectivity index (χ3v) is 3.94. The van der Waals surface area contributed by atoms with E-state index in [9.17, 15) is 0 Å². The van der Waals surface area contributed by atoms with Crippen LogP contribution in [0.15, 0.2) is 17.6 Å². The van der Waals surface area contributed by atoms with Gasteiger partial charge in [-0.2, -0.15) is 0 Å². The Balaban J connectivity index is 2.36. The van der Waals surface area contributed by atoms with Crippen molar-refractivity contribution in [3.63, 3.8) is 0 Å². The van der Waals surface area contributed by atoms with Crippen molar-refractivity contribution >= 4 is 33.9 Å². The molecule has 0 aliphatic rings. The summed E-state index contributed by atoms with van der Waals surface area (Å²) in [6, 6.07) is 2.05. The lowest BCUT2D eigenvalue weighted by atomic mass is 10.1. The molecule has 0 amide bonds. The normalized spacial score (nSPS) is 13.0. The maximum Gasteiger partial charge on any atom is 0.0902 e. The van der Waals surface area contributed by atoms with Crippen molar-refractivity contribution < 1.29 is 0 Å². The van der Waals surface area contributed by atoms with Crippen molar-refractivity contribution in [1.82, 2.24) is 20.4 Å². The van der Waals surface area contributed by atoms with Gasteiger partial charge in [-0.1, -0.05) is 5.21 Å². The molecule has 0 fully saturated rings. The summed E-state index contributed by atoms with van der Waals surface area (Å²) in [7, 11) is 1.85. The first kappa shape index (κ1) is 11.0. The van der Waals surface area contributed by atoms with Gasteiger partial charge in [0.2, 0.25) is 0 Å². The number of hydrogen-bond acceptors (Lipinski definition) is 5. The SMILES string of the molecule is Cn1nncc1C(NN)c1csc(I)c1. The minimum atomic E-state index is -0.0511. The molecule has 2 rings (SSSR count). The zero-order chi connectivity index (χ0) is 10.8. The second kappa shape index (κ2) is 4.56. The Morgan fingerprint density at radius 1 is 1.67 bits per heavy atom. The molecule has 5 nitrogen and oxygen atoms in total. The van der Waals surface area contributed by atoms with Gasteiger partial charge in [-0.05, 0) is 39.6 Å². The molecule has 2 aromatic rings. The lowest BCUT2D eigenvalue weighted by molar-refractivity contribution is 0.571. The molecule has 7 heteroatoms. The van der Waals surface area contributed by atoms with Crippen LogP contribution >= 0.6 is 33.9 Å². The molecule has 2 aromatic heterocycles. The lowest BCUT2D eigenvalue weighted by Gasteiger charge is -2.13. The highest BCUT2D eigenvalue weighted by Crippen LogP contribution is 2.25. The first-order chi connectivity index (χ1) is 7.22. The topological polar surface area (TPSA) is 68.8 Å². The van der Waals surface area contributed by atoms with E-state index in [0.717, 1.165) is 11.3 Å². The van der Waals surface area contributed by atoms with Crippen LogP contribution in [-0.4, -0.2) is 15.0 Å². The molecule has 1 atom stereocenters. The van der Waals surface area contributed by atoms with Crippen LogP contribution < -0.4 is 11.3 Å². The second-order valence-electron chi connectivity index (χ2n) is 3.07. The highest BCUT2D eigenvalue weighted by atomic mass is 127. The number of halogens is 1. The number of nitrogens with zero attached hydrogens (tertiary/aromatic N) is 3. The Kier molecular flexibility index (Phi) is 3.34. The van der Waals surface area contributed by atoms with Crippen molar-refractivity contribution in [2.24, 2.45) is 12.9 Å². The molecule has 0 saturated heterocycles. The smallest absolute Gasteiger partial charge is 0.0902 e. The molecule has 15 heavy (non-hydrogen) atoms. The summed E-state index contributed by atoms with van der Waals surface area (Å²) in [5.74, 6) is 5.56. The molecule has 3 N–H and O–H groups in total. The fourth-order valence-electron chi connectivity index (χ4n) is 1.39. The van der Waals surface area contributed by atoms with Crippen molar-refractivity contribution in [2.75, 3.05) is 0 Å². The Bertz CT molecular complexity index is 451. The number of nitrogens with two attached hydrogens (primary N) is 1. The zero-order valence-corrected chi connectivity index (χ0v) is 11.0. The second-order valence-corrected chi connectivity index (χ2v) is 5.87. The molecule has 0 spiro atoms. The van der Waals surface area contributed by atoms with Gasteiger partial charge in [0, 0.05) is 7.05 Å². The number of thiophene rings is 1. The minimum Gasteiger partial charge on any atom is -0.271 e.